The van der Waals surface area contributed by atoms with E-state index in [1.807, 2.05) is 20.8 Å². The van der Waals surface area contributed by atoms with Gasteiger partial charge in [-0.1, -0.05) is 0 Å². The molecule has 0 aliphatic heterocycles. The first kappa shape index (κ1) is 25.4. The van der Waals surface area contributed by atoms with E-state index >= 15 is 0 Å². The summed E-state index contributed by atoms with van der Waals surface area (Å²) in [5, 5.41) is 16.8. The van der Waals surface area contributed by atoms with E-state index in [2.05, 4.69) is 10.6 Å². The molecule has 2 rings (SSSR count). The van der Waals surface area contributed by atoms with Gasteiger partial charge in [0.1, 0.15) is 0 Å². The summed E-state index contributed by atoms with van der Waals surface area (Å²) in [5.41, 5.74) is -0.133. The van der Waals surface area contributed by atoms with Crippen molar-refractivity contribution in [3.8, 4) is 0 Å². The highest BCUT2D eigenvalue weighted by atomic mass is 16.7. The van der Waals surface area contributed by atoms with Crippen molar-refractivity contribution in [2.24, 2.45) is 11.8 Å². The first-order valence-electron chi connectivity index (χ1n) is 11.9. The number of ether oxygens (including phenoxy) is 1. The summed E-state index contributed by atoms with van der Waals surface area (Å²) in [5.74, 6) is 1.62. The van der Waals surface area contributed by atoms with E-state index in [0.29, 0.717) is 19.2 Å². The number of hydrogen-bond acceptors (Lipinski definition) is 6. The summed E-state index contributed by atoms with van der Waals surface area (Å²) in [6.07, 6.45) is 11.2. The number of rotatable bonds is 10. The van der Waals surface area contributed by atoms with Crippen LogP contribution in [0.4, 0.5) is 4.79 Å². The minimum absolute atomic E-state index is 0.0934. The third kappa shape index (κ3) is 10.4. The maximum Gasteiger partial charge on any atom is 0.426 e. The lowest BCUT2D eigenvalue weighted by Gasteiger charge is -2.34. The van der Waals surface area contributed by atoms with Gasteiger partial charge in [-0.15, -0.1) is 5.06 Å². The smallest absolute Gasteiger partial charge is 0.381 e. The molecule has 0 aromatic carbocycles. The second-order valence-corrected chi connectivity index (χ2v) is 10.2. The SMILES string of the molecule is CN(CCCOC(C)(C)C)OC(=O)NC1CCC(CC2CCC(NCO)CC2)CC1. The highest BCUT2D eigenvalue weighted by molar-refractivity contribution is 5.67. The van der Waals surface area contributed by atoms with Gasteiger partial charge >= 0.3 is 6.09 Å². The molecule has 7 nitrogen and oxygen atoms in total. The molecule has 0 heterocycles. The Morgan fingerprint density at radius 2 is 1.57 bits per heavy atom. The van der Waals surface area contributed by atoms with Crippen molar-refractivity contribution < 1.29 is 19.5 Å². The summed E-state index contributed by atoms with van der Waals surface area (Å²) in [6.45, 7) is 7.52. The molecule has 176 valence electrons. The average Bonchev–Trinajstić information content (AvgIpc) is 2.68. The fourth-order valence-corrected chi connectivity index (χ4v) is 4.79. The molecule has 2 saturated carbocycles. The largest absolute Gasteiger partial charge is 0.426 e. The van der Waals surface area contributed by atoms with Crippen LogP contribution in [0.15, 0.2) is 0 Å². The van der Waals surface area contributed by atoms with Gasteiger partial charge in [0.05, 0.1) is 12.3 Å². The maximum absolute atomic E-state index is 12.2. The Labute approximate surface area is 183 Å². The van der Waals surface area contributed by atoms with Gasteiger partial charge in [0, 0.05) is 32.3 Å². The fraction of sp³-hybridized carbons (Fsp3) is 0.957. The first-order valence-corrected chi connectivity index (χ1v) is 11.9. The molecule has 0 aromatic rings. The molecular formula is C23H45N3O4. The van der Waals surface area contributed by atoms with Gasteiger partial charge in [-0.05, 0) is 96.8 Å². The number of hydroxylamine groups is 2. The number of aliphatic hydroxyl groups excluding tert-OH is 1. The lowest BCUT2D eigenvalue weighted by molar-refractivity contribution is -0.0876. The van der Waals surface area contributed by atoms with Gasteiger partial charge in [-0.3, -0.25) is 5.32 Å². The molecule has 0 unspecified atom stereocenters. The predicted octanol–water partition coefficient (Wildman–Crippen LogP) is 3.81. The molecule has 3 N–H and O–H groups in total. The molecule has 7 heteroatoms. The highest BCUT2D eigenvalue weighted by Crippen LogP contribution is 2.35. The number of nitrogens with one attached hydrogen (secondary N) is 2. The third-order valence-corrected chi connectivity index (χ3v) is 6.45. The Bertz CT molecular complexity index is 481. The van der Waals surface area contributed by atoms with Crippen molar-refractivity contribution in [1.82, 2.24) is 15.7 Å². The maximum atomic E-state index is 12.2. The molecule has 1 amide bonds. The van der Waals surface area contributed by atoms with Crippen LogP contribution in [0, 0.1) is 11.8 Å². The van der Waals surface area contributed by atoms with Crippen molar-refractivity contribution in [1.29, 1.82) is 0 Å². The van der Waals surface area contributed by atoms with Crippen LogP contribution in [0.2, 0.25) is 0 Å². The van der Waals surface area contributed by atoms with E-state index in [-0.39, 0.29) is 24.5 Å². The number of carbonyl (C=O) groups is 1. The van der Waals surface area contributed by atoms with Crippen molar-refractivity contribution in [2.75, 3.05) is 26.9 Å². The molecule has 2 aliphatic rings. The molecule has 0 atom stereocenters. The van der Waals surface area contributed by atoms with E-state index in [1.54, 1.807) is 12.1 Å². The van der Waals surface area contributed by atoms with Crippen LogP contribution < -0.4 is 10.6 Å². The van der Waals surface area contributed by atoms with Gasteiger partial charge in [-0.2, -0.15) is 0 Å². The Morgan fingerprint density at radius 3 is 2.10 bits per heavy atom. The summed E-state index contributed by atoms with van der Waals surface area (Å²) in [6, 6.07) is 0.734. The number of aliphatic hydroxyl groups is 1. The normalized spacial score (nSPS) is 27.8. The zero-order valence-electron chi connectivity index (χ0n) is 19.6. The Balaban J connectivity index is 1.54. The van der Waals surface area contributed by atoms with Gasteiger partial charge in [0.25, 0.3) is 0 Å². The van der Waals surface area contributed by atoms with Crippen LogP contribution in [-0.4, -0.2) is 60.9 Å². The predicted molar refractivity (Wildman–Crippen MR) is 119 cm³/mol. The number of hydrogen-bond donors (Lipinski definition) is 3. The molecule has 0 spiro atoms. The van der Waals surface area contributed by atoms with Gasteiger partial charge in [0.2, 0.25) is 0 Å². The Kier molecular flexibility index (Phi) is 10.9. The van der Waals surface area contributed by atoms with Gasteiger partial charge in [0.15, 0.2) is 0 Å². The Morgan fingerprint density at radius 1 is 1.00 bits per heavy atom. The zero-order valence-corrected chi connectivity index (χ0v) is 19.6. The average molecular weight is 428 g/mol. The second-order valence-electron chi connectivity index (χ2n) is 10.2. The van der Waals surface area contributed by atoms with Gasteiger partial charge in [-0.25, -0.2) is 4.79 Å². The topological polar surface area (TPSA) is 83.1 Å². The molecule has 0 bridgehead atoms. The van der Waals surface area contributed by atoms with E-state index in [0.717, 1.165) is 31.1 Å². The number of nitrogens with zero attached hydrogens (tertiary/aromatic N) is 1. The summed E-state index contributed by atoms with van der Waals surface area (Å²) in [7, 11) is 1.79. The summed E-state index contributed by atoms with van der Waals surface area (Å²) < 4.78 is 5.69. The third-order valence-electron chi connectivity index (χ3n) is 6.45. The lowest BCUT2D eigenvalue weighted by atomic mass is 9.76. The number of amides is 1. The van der Waals surface area contributed by atoms with Crippen molar-refractivity contribution in [3.05, 3.63) is 0 Å². The minimum atomic E-state index is -0.340. The number of carbonyl (C=O) groups excluding carboxylic acids is 1. The molecule has 2 aliphatic carbocycles. The van der Waals surface area contributed by atoms with E-state index < -0.39 is 0 Å². The van der Waals surface area contributed by atoms with Crippen molar-refractivity contribution in [3.63, 3.8) is 0 Å². The van der Waals surface area contributed by atoms with Gasteiger partial charge < -0.3 is 20.0 Å². The minimum Gasteiger partial charge on any atom is -0.381 e. The van der Waals surface area contributed by atoms with Crippen molar-refractivity contribution in [2.45, 2.75) is 103 Å². The fourth-order valence-electron chi connectivity index (χ4n) is 4.79. The molecular weight excluding hydrogens is 382 g/mol. The highest BCUT2D eigenvalue weighted by Gasteiger charge is 2.27. The molecule has 0 saturated heterocycles. The van der Waals surface area contributed by atoms with E-state index in [4.69, 9.17) is 14.7 Å². The molecule has 0 aromatic heterocycles. The molecule has 2 fully saturated rings. The molecule has 30 heavy (non-hydrogen) atoms. The Hall–Kier alpha value is -0.890. The summed E-state index contributed by atoms with van der Waals surface area (Å²) in [4.78, 5) is 17.5. The monoisotopic (exact) mass is 427 g/mol. The quantitative estimate of drug-likeness (QED) is 0.279. The van der Waals surface area contributed by atoms with Crippen LogP contribution in [-0.2, 0) is 9.57 Å². The van der Waals surface area contributed by atoms with Crippen molar-refractivity contribution >= 4 is 6.09 Å². The van der Waals surface area contributed by atoms with Crippen LogP contribution in [0.5, 0.6) is 0 Å². The van der Waals surface area contributed by atoms with Crippen LogP contribution in [0.25, 0.3) is 0 Å². The summed E-state index contributed by atoms with van der Waals surface area (Å²) >= 11 is 0. The molecule has 0 radical (unpaired) electrons. The first-order chi connectivity index (χ1) is 14.2. The van der Waals surface area contributed by atoms with Crippen LogP contribution in [0.1, 0.15) is 85.0 Å². The second kappa shape index (κ2) is 12.8. The van der Waals surface area contributed by atoms with Crippen LogP contribution >= 0.6 is 0 Å². The lowest BCUT2D eigenvalue weighted by Crippen LogP contribution is -2.41. The standard InChI is InChI=1S/C23H45N3O4/c1-23(2,3)29-15-5-14-26(4)30-22(28)25-21-12-8-19(9-13-21)16-18-6-10-20(11-7-18)24-17-27/h18-21,24,27H,5-17H2,1-4H3,(H,25,28). The van der Waals surface area contributed by atoms with Crippen LogP contribution in [0.3, 0.4) is 0 Å². The zero-order chi connectivity index (χ0) is 22.0. The van der Waals surface area contributed by atoms with E-state index in [1.165, 1.54) is 44.9 Å². The van der Waals surface area contributed by atoms with E-state index in [9.17, 15) is 4.79 Å².